The van der Waals surface area contributed by atoms with Crippen LogP contribution in [0.1, 0.15) is 38.8 Å². The maximum absolute atomic E-state index is 13.9. The fourth-order valence-electron chi connectivity index (χ4n) is 3.39. The Morgan fingerprint density at radius 2 is 1.97 bits per heavy atom. The minimum absolute atomic E-state index is 0.0497. The van der Waals surface area contributed by atoms with Crippen LogP contribution in [0.15, 0.2) is 57.5 Å². The lowest BCUT2D eigenvalue weighted by molar-refractivity contribution is 0.101. The molecule has 4 aromatic rings. The molecule has 0 aliphatic heterocycles. The first kappa shape index (κ1) is 22.7. The largest absolute Gasteiger partial charge is 0.486 e. The van der Waals surface area contributed by atoms with Crippen LogP contribution in [-0.4, -0.2) is 20.8 Å². The summed E-state index contributed by atoms with van der Waals surface area (Å²) in [7, 11) is 0. The van der Waals surface area contributed by atoms with Crippen LogP contribution >= 0.6 is 15.9 Å². The molecule has 1 N–H and O–H groups in total. The number of ether oxygens (including phenoxy) is 1. The summed E-state index contributed by atoms with van der Waals surface area (Å²) in [5, 5.41) is 11.3. The highest BCUT2D eigenvalue weighted by atomic mass is 79.9. The number of aromatic nitrogens is 3. The van der Waals surface area contributed by atoms with Gasteiger partial charge < -0.3 is 14.6 Å². The zero-order valence-corrected chi connectivity index (χ0v) is 19.9. The van der Waals surface area contributed by atoms with Gasteiger partial charge in [0.2, 0.25) is 0 Å². The van der Waals surface area contributed by atoms with E-state index in [1.165, 1.54) is 12.1 Å². The molecule has 4 rings (SSSR count). The lowest BCUT2D eigenvalue weighted by Gasteiger charge is -2.09. The number of rotatable bonds is 7. The zero-order valence-electron chi connectivity index (χ0n) is 18.4. The molecule has 2 heterocycles. The van der Waals surface area contributed by atoms with E-state index < -0.39 is 11.7 Å². The standard InChI is InChI=1S/C24H22BrFN4O3/c1-14-22(25)15(2)30(28-14)12-17-7-6-8-18(11-17)27-24(31)23-19(16(3)33-29-23)13-32-21-10-5-4-9-20(21)26/h4-11H,12-13H2,1-3H3,(H,27,31). The average Bonchev–Trinajstić information content (AvgIpc) is 3.28. The highest BCUT2D eigenvalue weighted by molar-refractivity contribution is 9.10. The minimum atomic E-state index is -0.482. The van der Waals surface area contributed by atoms with Crippen LogP contribution in [0.2, 0.25) is 0 Å². The van der Waals surface area contributed by atoms with Gasteiger partial charge >= 0.3 is 0 Å². The molecule has 2 aromatic carbocycles. The first-order chi connectivity index (χ1) is 15.8. The third-order valence-corrected chi connectivity index (χ3v) is 6.37. The number of nitrogens with one attached hydrogen (secondary N) is 1. The molecule has 0 radical (unpaired) electrons. The van der Waals surface area contributed by atoms with Gasteiger partial charge in [-0.15, -0.1) is 0 Å². The second kappa shape index (κ2) is 9.58. The van der Waals surface area contributed by atoms with Crippen molar-refractivity contribution < 1.29 is 18.4 Å². The first-order valence-electron chi connectivity index (χ1n) is 10.3. The Hall–Kier alpha value is -3.46. The van der Waals surface area contributed by atoms with E-state index in [1.54, 1.807) is 25.1 Å². The number of hydrogen-bond acceptors (Lipinski definition) is 5. The fourth-order valence-corrected chi connectivity index (χ4v) is 3.67. The van der Waals surface area contributed by atoms with Crippen molar-refractivity contribution in [2.24, 2.45) is 0 Å². The lowest BCUT2D eigenvalue weighted by atomic mass is 10.1. The summed E-state index contributed by atoms with van der Waals surface area (Å²) in [6, 6.07) is 13.6. The van der Waals surface area contributed by atoms with Crippen molar-refractivity contribution in [3.05, 3.63) is 92.8 Å². The second-order valence-corrected chi connectivity index (χ2v) is 8.37. The maximum Gasteiger partial charge on any atom is 0.278 e. The number of hydrogen-bond donors (Lipinski definition) is 1. The molecule has 0 saturated heterocycles. The maximum atomic E-state index is 13.9. The third-order valence-electron chi connectivity index (χ3n) is 5.22. The summed E-state index contributed by atoms with van der Waals surface area (Å²) >= 11 is 3.54. The van der Waals surface area contributed by atoms with E-state index in [4.69, 9.17) is 9.26 Å². The van der Waals surface area contributed by atoms with E-state index in [9.17, 15) is 9.18 Å². The fraction of sp³-hybridized carbons (Fsp3) is 0.208. The molecular weight excluding hydrogens is 491 g/mol. The topological polar surface area (TPSA) is 82.2 Å². The molecule has 0 aliphatic rings. The van der Waals surface area contributed by atoms with Gasteiger partial charge in [-0.2, -0.15) is 5.10 Å². The van der Waals surface area contributed by atoms with Gasteiger partial charge in [0.1, 0.15) is 12.4 Å². The van der Waals surface area contributed by atoms with E-state index in [1.807, 2.05) is 36.7 Å². The number of aryl methyl sites for hydroxylation is 2. The highest BCUT2D eigenvalue weighted by Crippen LogP contribution is 2.23. The number of anilines is 1. The Morgan fingerprint density at radius 3 is 2.70 bits per heavy atom. The Morgan fingerprint density at radius 1 is 1.18 bits per heavy atom. The van der Waals surface area contributed by atoms with Crippen molar-refractivity contribution >= 4 is 27.5 Å². The molecule has 0 bridgehead atoms. The van der Waals surface area contributed by atoms with Crippen molar-refractivity contribution in [1.29, 1.82) is 0 Å². The van der Waals surface area contributed by atoms with Crippen molar-refractivity contribution in [1.82, 2.24) is 14.9 Å². The monoisotopic (exact) mass is 512 g/mol. The molecule has 33 heavy (non-hydrogen) atoms. The molecule has 7 nitrogen and oxygen atoms in total. The third kappa shape index (κ3) is 4.98. The van der Waals surface area contributed by atoms with Gasteiger partial charge in [-0.25, -0.2) is 4.39 Å². The van der Waals surface area contributed by atoms with Crippen LogP contribution in [-0.2, 0) is 13.2 Å². The summed E-state index contributed by atoms with van der Waals surface area (Å²) in [5.74, 6) is -0.401. The number of carbonyl (C=O) groups excluding carboxylic acids is 1. The summed E-state index contributed by atoms with van der Waals surface area (Å²) in [5.41, 5.74) is 4.09. The molecule has 0 spiro atoms. The molecule has 0 saturated carbocycles. The van der Waals surface area contributed by atoms with Gasteiger partial charge in [0.15, 0.2) is 17.3 Å². The van der Waals surface area contributed by atoms with Gasteiger partial charge in [0.05, 0.1) is 28.0 Å². The summed E-state index contributed by atoms with van der Waals surface area (Å²) in [6.45, 7) is 6.13. The molecule has 0 aliphatic carbocycles. The van der Waals surface area contributed by atoms with Crippen LogP contribution in [0, 0.1) is 26.6 Å². The summed E-state index contributed by atoms with van der Waals surface area (Å²) < 4.78 is 27.5. The summed E-state index contributed by atoms with van der Waals surface area (Å²) in [6.07, 6.45) is 0. The Kier molecular flexibility index (Phi) is 6.60. The van der Waals surface area contributed by atoms with E-state index in [2.05, 4.69) is 31.5 Å². The van der Waals surface area contributed by atoms with Crippen LogP contribution in [0.5, 0.6) is 5.75 Å². The van der Waals surface area contributed by atoms with Crippen LogP contribution in [0.3, 0.4) is 0 Å². The van der Waals surface area contributed by atoms with Crippen molar-refractivity contribution in [3.8, 4) is 5.75 Å². The van der Waals surface area contributed by atoms with Gasteiger partial charge in [-0.1, -0.05) is 29.4 Å². The van der Waals surface area contributed by atoms with Crippen LogP contribution in [0.4, 0.5) is 10.1 Å². The van der Waals surface area contributed by atoms with E-state index >= 15 is 0 Å². The molecule has 0 unspecified atom stereocenters. The number of halogens is 2. The molecular formula is C24H22BrFN4O3. The molecule has 0 fully saturated rings. The Labute approximate surface area is 198 Å². The number of amides is 1. The predicted octanol–water partition coefficient (Wildman–Crippen LogP) is 5.58. The normalized spacial score (nSPS) is 10.9. The van der Waals surface area contributed by atoms with E-state index in [0.29, 0.717) is 23.6 Å². The van der Waals surface area contributed by atoms with Crippen LogP contribution in [0.25, 0.3) is 0 Å². The molecule has 9 heteroatoms. The van der Waals surface area contributed by atoms with Gasteiger partial charge in [0.25, 0.3) is 5.91 Å². The smallest absolute Gasteiger partial charge is 0.278 e. The SMILES string of the molecule is Cc1nn(Cc2cccc(NC(=O)c3noc(C)c3COc3ccccc3F)c2)c(C)c1Br. The molecule has 1 amide bonds. The van der Waals surface area contributed by atoms with Crippen LogP contribution < -0.4 is 10.1 Å². The first-order valence-corrected chi connectivity index (χ1v) is 11.0. The summed E-state index contributed by atoms with van der Waals surface area (Å²) in [4.78, 5) is 12.9. The molecule has 0 atom stereocenters. The predicted molar refractivity (Wildman–Crippen MR) is 125 cm³/mol. The van der Waals surface area contributed by atoms with E-state index in [0.717, 1.165) is 21.4 Å². The Bertz CT molecular complexity index is 1320. The van der Waals surface area contributed by atoms with Crippen molar-refractivity contribution in [2.45, 2.75) is 33.9 Å². The van der Waals surface area contributed by atoms with Gasteiger partial charge in [-0.3, -0.25) is 9.48 Å². The van der Waals surface area contributed by atoms with Gasteiger partial charge in [-0.05, 0) is 66.5 Å². The molecule has 170 valence electrons. The number of para-hydroxylation sites is 1. The number of benzene rings is 2. The number of carbonyl (C=O) groups is 1. The average molecular weight is 513 g/mol. The van der Waals surface area contributed by atoms with Crippen molar-refractivity contribution in [3.63, 3.8) is 0 Å². The minimum Gasteiger partial charge on any atom is -0.486 e. The van der Waals surface area contributed by atoms with Gasteiger partial charge in [0, 0.05) is 5.69 Å². The zero-order chi connectivity index (χ0) is 23.5. The molecule has 2 aromatic heterocycles. The second-order valence-electron chi connectivity index (χ2n) is 7.58. The van der Waals surface area contributed by atoms with E-state index in [-0.39, 0.29) is 18.1 Å². The van der Waals surface area contributed by atoms with Crippen molar-refractivity contribution in [2.75, 3.05) is 5.32 Å². The lowest BCUT2D eigenvalue weighted by Crippen LogP contribution is -2.16. The number of nitrogens with zero attached hydrogens (tertiary/aromatic N) is 3. The quantitative estimate of drug-likeness (QED) is 0.349. The Balaban J connectivity index is 1.48. The highest BCUT2D eigenvalue weighted by Gasteiger charge is 2.21.